The van der Waals surface area contributed by atoms with E-state index in [1.54, 1.807) is 0 Å². The molecule has 0 rings (SSSR count). The molecule has 68 valence electrons. The van der Waals surface area contributed by atoms with Gasteiger partial charge in [0.1, 0.15) is 0 Å². The van der Waals surface area contributed by atoms with Crippen molar-refractivity contribution in [3.05, 3.63) is 36.0 Å². The van der Waals surface area contributed by atoms with Crippen LogP contribution in [0.5, 0.6) is 0 Å². The van der Waals surface area contributed by atoms with Crippen molar-refractivity contribution in [1.29, 1.82) is 0 Å². The van der Waals surface area contributed by atoms with Gasteiger partial charge in [0.05, 0.1) is 0 Å². The molecule has 0 amide bonds. The molecule has 0 unspecified atom stereocenters. The molecule has 0 heterocycles. The molecule has 0 aliphatic rings. The molecule has 0 heteroatoms. The van der Waals surface area contributed by atoms with Crippen LogP contribution >= 0.6 is 0 Å². The van der Waals surface area contributed by atoms with Gasteiger partial charge in [-0.15, -0.1) is 0 Å². The Morgan fingerprint density at radius 3 is 2.17 bits per heavy atom. The second-order valence-electron chi connectivity index (χ2n) is 3.21. The fourth-order valence-corrected chi connectivity index (χ4v) is 1.03. The number of allylic oxidation sites excluding steroid dienone is 4. The molecule has 0 aromatic heterocycles. The maximum absolute atomic E-state index is 3.96. The van der Waals surface area contributed by atoms with Gasteiger partial charge in [-0.3, -0.25) is 0 Å². The molecule has 0 saturated heterocycles. The summed E-state index contributed by atoms with van der Waals surface area (Å²) < 4.78 is 0. The van der Waals surface area contributed by atoms with Crippen molar-refractivity contribution in [2.45, 2.75) is 40.0 Å². The highest BCUT2D eigenvalue weighted by atomic mass is 14.0. The Morgan fingerprint density at radius 2 is 1.83 bits per heavy atom. The van der Waals surface area contributed by atoms with E-state index < -0.39 is 0 Å². The van der Waals surface area contributed by atoms with Crippen LogP contribution in [-0.2, 0) is 0 Å². The van der Waals surface area contributed by atoms with Crippen LogP contribution in [0.4, 0.5) is 0 Å². The summed E-state index contributed by atoms with van der Waals surface area (Å²) in [5.74, 6) is 0. The van der Waals surface area contributed by atoms with Crippen LogP contribution in [-0.4, -0.2) is 0 Å². The molecule has 0 nitrogen and oxygen atoms in total. The van der Waals surface area contributed by atoms with Crippen molar-refractivity contribution in [3.63, 3.8) is 0 Å². The molecule has 0 bridgehead atoms. The van der Waals surface area contributed by atoms with E-state index in [9.17, 15) is 0 Å². The van der Waals surface area contributed by atoms with Crippen LogP contribution in [0, 0.1) is 0 Å². The maximum Gasteiger partial charge on any atom is -0.0279 e. The molecule has 0 N–H and O–H groups in total. The Bertz CT molecular complexity index is 194. The maximum atomic E-state index is 3.96. The molecule has 0 aliphatic carbocycles. The molecule has 0 saturated carbocycles. The van der Waals surface area contributed by atoms with Crippen molar-refractivity contribution in [1.82, 2.24) is 0 Å². The SMILES string of the molecule is C=C(C=C(CCC)C(=C)C)CC. The van der Waals surface area contributed by atoms with Crippen molar-refractivity contribution < 1.29 is 0 Å². The molecule has 0 aromatic carbocycles. The van der Waals surface area contributed by atoms with Gasteiger partial charge in [-0.2, -0.15) is 0 Å². The third-order valence-corrected chi connectivity index (χ3v) is 1.90. The van der Waals surface area contributed by atoms with Crippen molar-refractivity contribution in [2.24, 2.45) is 0 Å². The number of rotatable bonds is 5. The summed E-state index contributed by atoms with van der Waals surface area (Å²) in [6.45, 7) is 14.3. The van der Waals surface area contributed by atoms with E-state index in [4.69, 9.17) is 0 Å². The molecular formula is C12H20. The smallest absolute Gasteiger partial charge is 0.0279 e. The summed E-state index contributed by atoms with van der Waals surface area (Å²) in [6, 6.07) is 0. The van der Waals surface area contributed by atoms with E-state index in [0.29, 0.717) is 0 Å². The summed E-state index contributed by atoms with van der Waals surface area (Å²) in [4.78, 5) is 0. The zero-order chi connectivity index (χ0) is 9.56. The Balaban J connectivity index is 4.38. The fraction of sp³-hybridized carbons (Fsp3) is 0.500. The van der Waals surface area contributed by atoms with E-state index in [1.165, 1.54) is 23.1 Å². The van der Waals surface area contributed by atoms with Crippen LogP contribution in [0.15, 0.2) is 36.0 Å². The Labute approximate surface area is 76.7 Å². The Kier molecular flexibility index (Phi) is 5.44. The number of hydrogen-bond acceptors (Lipinski definition) is 0. The molecule has 0 spiro atoms. The largest absolute Gasteiger partial charge is 0.0958 e. The van der Waals surface area contributed by atoms with Gasteiger partial charge in [0.2, 0.25) is 0 Å². The molecule has 0 atom stereocenters. The zero-order valence-electron chi connectivity index (χ0n) is 8.61. The molecular weight excluding hydrogens is 144 g/mol. The second-order valence-corrected chi connectivity index (χ2v) is 3.21. The Morgan fingerprint density at radius 1 is 1.25 bits per heavy atom. The first kappa shape index (κ1) is 11.2. The minimum absolute atomic E-state index is 1.03. The molecule has 0 aliphatic heterocycles. The highest BCUT2D eigenvalue weighted by molar-refractivity contribution is 5.33. The predicted octanol–water partition coefficient (Wildman–Crippen LogP) is 4.26. The lowest BCUT2D eigenvalue weighted by Gasteiger charge is -2.05. The minimum atomic E-state index is 1.03. The van der Waals surface area contributed by atoms with E-state index in [1.807, 2.05) is 0 Å². The number of hydrogen-bond donors (Lipinski definition) is 0. The average molecular weight is 164 g/mol. The lowest BCUT2D eigenvalue weighted by atomic mass is 10.0. The second kappa shape index (κ2) is 5.82. The summed E-state index contributed by atoms with van der Waals surface area (Å²) in [5, 5.41) is 0. The van der Waals surface area contributed by atoms with Crippen LogP contribution < -0.4 is 0 Å². The summed E-state index contributed by atoms with van der Waals surface area (Å²) in [5.41, 5.74) is 3.72. The first-order valence-corrected chi connectivity index (χ1v) is 4.66. The lowest BCUT2D eigenvalue weighted by molar-refractivity contribution is 0.909. The average Bonchev–Trinajstić information content (AvgIpc) is 2.03. The van der Waals surface area contributed by atoms with Gasteiger partial charge in [0.25, 0.3) is 0 Å². The highest BCUT2D eigenvalue weighted by Gasteiger charge is 1.96. The summed E-state index contributed by atoms with van der Waals surface area (Å²) >= 11 is 0. The van der Waals surface area contributed by atoms with Gasteiger partial charge in [-0.1, -0.05) is 50.6 Å². The van der Waals surface area contributed by atoms with E-state index >= 15 is 0 Å². The lowest BCUT2D eigenvalue weighted by Crippen LogP contribution is -1.85. The van der Waals surface area contributed by atoms with Gasteiger partial charge in [-0.05, 0) is 25.3 Å². The molecule has 0 fully saturated rings. The van der Waals surface area contributed by atoms with Crippen molar-refractivity contribution >= 4 is 0 Å². The quantitative estimate of drug-likeness (QED) is 0.533. The molecule has 12 heavy (non-hydrogen) atoms. The topological polar surface area (TPSA) is 0 Å². The third kappa shape index (κ3) is 4.17. The van der Waals surface area contributed by atoms with Gasteiger partial charge in [0.15, 0.2) is 0 Å². The van der Waals surface area contributed by atoms with Crippen LogP contribution in [0.2, 0.25) is 0 Å². The summed E-state index contributed by atoms with van der Waals surface area (Å²) in [6.07, 6.45) is 5.50. The van der Waals surface area contributed by atoms with Gasteiger partial charge in [-0.25, -0.2) is 0 Å². The minimum Gasteiger partial charge on any atom is -0.0958 e. The van der Waals surface area contributed by atoms with Gasteiger partial charge >= 0.3 is 0 Å². The predicted molar refractivity (Wildman–Crippen MR) is 57.2 cm³/mol. The Hall–Kier alpha value is -0.780. The fourth-order valence-electron chi connectivity index (χ4n) is 1.03. The van der Waals surface area contributed by atoms with E-state index in [2.05, 4.69) is 40.0 Å². The van der Waals surface area contributed by atoms with Gasteiger partial charge < -0.3 is 0 Å². The van der Waals surface area contributed by atoms with Gasteiger partial charge in [0, 0.05) is 0 Å². The standard InChI is InChI=1S/C12H20/c1-6-8-12(10(3)4)9-11(5)7-2/h9H,3,5-8H2,1-2,4H3. The first-order valence-electron chi connectivity index (χ1n) is 4.66. The third-order valence-electron chi connectivity index (χ3n) is 1.90. The van der Waals surface area contributed by atoms with Crippen molar-refractivity contribution in [3.8, 4) is 0 Å². The molecule has 0 aromatic rings. The monoisotopic (exact) mass is 164 g/mol. The first-order chi connectivity index (χ1) is 5.61. The zero-order valence-corrected chi connectivity index (χ0v) is 8.61. The van der Waals surface area contributed by atoms with Crippen LogP contribution in [0.3, 0.4) is 0 Å². The highest BCUT2D eigenvalue weighted by Crippen LogP contribution is 2.16. The normalized spacial score (nSPS) is 11.4. The molecule has 0 radical (unpaired) electrons. The van der Waals surface area contributed by atoms with Crippen LogP contribution in [0.1, 0.15) is 40.0 Å². The summed E-state index contributed by atoms with van der Waals surface area (Å²) in [7, 11) is 0. The van der Waals surface area contributed by atoms with E-state index in [0.717, 1.165) is 12.8 Å². The van der Waals surface area contributed by atoms with Crippen molar-refractivity contribution in [2.75, 3.05) is 0 Å². The van der Waals surface area contributed by atoms with E-state index in [-0.39, 0.29) is 0 Å². The van der Waals surface area contributed by atoms with Crippen LogP contribution in [0.25, 0.3) is 0 Å².